The molecule has 0 spiro atoms. The minimum atomic E-state index is -5.05. The largest absolute Gasteiger partial charge is 0.497 e. The van der Waals surface area contributed by atoms with E-state index >= 15 is 0 Å². The van der Waals surface area contributed by atoms with Gasteiger partial charge < -0.3 is 34.5 Å². The number of benzene rings is 1. The monoisotopic (exact) mass is 888 g/mol. The summed E-state index contributed by atoms with van der Waals surface area (Å²) in [5.74, 6) is -3.07. The van der Waals surface area contributed by atoms with Gasteiger partial charge in [0, 0.05) is 24.1 Å². The maximum Gasteiger partial charge on any atom is 0.438 e. The van der Waals surface area contributed by atoms with E-state index in [-0.39, 0.29) is 48.3 Å². The predicted octanol–water partition coefficient (Wildman–Crippen LogP) is 5.20. The van der Waals surface area contributed by atoms with E-state index in [1.165, 1.54) is 37.1 Å². The van der Waals surface area contributed by atoms with E-state index in [9.17, 15) is 49.1 Å². The molecular formula is C39H46F6N6O9S. The first-order chi connectivity index (χ1) is 28.4. The van der Waals surface area contributed by atoms with Gasteiger partial charge in [-0.2, -0.15) is 26.3 Å². The molecule has 7 rings (SSSR count). The first-order valence-electron chi connectivity index (χ1n) is 19.8. The molecule has 61 heavy (non-hydrogen) atoms. The maximum atomic E-state index is 14.6. The number of fused-ring (bicyclic) bond motifs is 5. The lowest BCUT2D eigenvalue weighted by Gasteiger charge is -2.42. The molecule has 2 saturated carbocycles. The van der Waals surface area contributed by atoms with E-state index in [1.807, 2.05) is 0 Å². The van der Waals surface area contributed by atoms with Crippen LogP contribution in [0.25, 0.3) is 11.0 Å². The lowest BCUT2D eigenvalue weighted by atomic mass is 9.96. The fourth-order valence-corrected chi connectivity index (χ4v) is 9.08. The molecule has 3 amide bonds. The minimum Gasteiger partial charge on any atom is -0.497 e. The number of methoxy groups -OCH3 is 1. The molecule has 0 unspecified atom stereocenters. The Balaban J connectivity index is 1.28. The van der Waals surface area contributed by atoms with Crippen molar-refractivity contribution in [2.45, 2.75) is 131 Å². The number of nitrogens with one attached hydrogen (secondary N) is 3. The molecule has 2 aromatic rings. The van der Waals surface area contributed by atoms with Crippen molar-refractivity contribution in [3.8, 4) is 11.6 Å². The third-order valence-electron chi connectivity index (χ3n) is 12.0. The Kier molecular flexibility index (Phi) is 11.2. The van der Waals surface area contributed by atoms with Crippen molar-refractivity contribution >= 4 is 39.0 Å². The molecule has 15 nitrogen and oxygen atoms in total. The van der Waals surface area contributed by atoms with Gasteiger partial charge in [0.1, 0.15) is 23.4 Å². The molecule has 0 radical (unpaired) electrons. The van der Waals surface area contributed by atoms with E-state index in [2.05, 4.69) is 25.3 Å². The van der Waals surface area contributed by atoms with Gasteiger partial charge in [0.25, 0.3) is 5.91 Å². The highest BCUT2D eigenvalue weighted by Crippen LogP contribution is 2.48. The van der Waals surface area contributed by atoms with E-state index in [4.69, 9.17) is 18.9 Å². The average molecular weight is 889 g/mol. The average Bonchev–Trinajstić information content (AvgIpc) is 4.05. The van der Waals surface area contributed by atoms with Crippen LogP contribution in [-0.4, -0.2) is 107 Å². The van der Waals surface area contributed by atoms with Gasteiger partial charge in [-0.05, 0) is 77.5 Å². The molecule has 5 aliphatic rings. The van der Waals surface area contributed by atoms with Crippen LogP contribution in [0.4, 0.5) is 31.1 Å². The zero-order chi connectivity index (χ0) is 44.5. The molecule has 1 aromatic carbocycles. The summed E-state index contributed by atoms with van der Waals surface area (Å²) in [6, 6.07) is 1.43. The normalized spacial score (nSPS) is 29.3. The SMILES string of the molecule is CC[C@@H]1O[C@@H]2C=C([C@H]1NC(=O)OC(C)(C)C(F)(F)F)N1C[C@H](Oc3nc4cc(OC)ccc4nc3C(F)(F)F)C[C@H]1C(=O)N[C@]1(C(=O)NS(=O)(=O)C3(C)CC3)C[C@H]1/C=C\CC2. The van der Waals surface area contributed by atoms with Crippen LogP contribution >= 0.6 is 0 Å². The Morgan fingerprint density at radius 1 is 1.10 bits per heavy atom. The highest BCUT2D eigenvalue weighted by atomic mass is 32.2. The van der Waals surface area contributed by atoms with Gasteiger partial charge in [0.15, 0.2) is 0 Å². The lowest BCUT2D eigenvalue weighted by Crippen LogP contribution is -2.59. The van der Waals surface area contributed by atoms with Crippen LogP contribution in [0.15, 0.2) is 42.1 Å². The third-order valence-corrected chi connectivity index (χ3v) is 14.1. The summed E-state index contributed by atoms with van der Waals surface area (Å²) in [7, 11) is -2.79. The van der Waals surface area contributed by atoms with Crippen LogP contribution in [0.1, 0.15) is 78.3 Å². The summed E-state index contributed by atoms with van der Waals surface area (Å²) < 4.78 is 135. The molecule has 3 N–H and O–H groups in total. The van der Waals surface area contributed by atoms with Crippen LogP contribution in [0, 0.1) is 5.92 Å². The first-order valence-corrected chi connectivity index (χ1v) is 21.2. The summed E-state index contributed by atoms with van der Waals surface area (Å²) in [5.41, 5.74) is -6.04. The highest BCUT2D eigenvalue weighted by Gasteiger charge is 2.63. The Bertz CT molecular complexity index is 2270. The molecule has 1 saturated heterocycles. The third kappa shape index (κ3) is 8.65. The number of ether oxygens (including phenoxy) is 4. The number of allylic oxidation sites excluding steroid dienone is 1. The van der Waals surface area contributed by atoms with Crippen molar-refractivity contribution < 1.29 is 68.1 Å². The Morgan fingerprint density at radius 3 is 2.46 bits per heavy atom. The number of halogens is 6. The smallest absolute Gasteiger partial charge is 0.438 e. The fraction of sp³-hybridized carbons (Fsp3) is 0.615. The Hall–Kier alpha value is -4.86. The molecule has 2 bridgehead atoms. The van der Waals surface area contributed by atoms with Gasteiger partial charge in [-0.15, -0.1) is 0 Å². The summed E-state index contributed by atoms with van der Waals surface area (Å²) in [5, 5.41) is 5.22. The molecule has 3 aliphatic heterocycles. The van der Waals surface area contributed by atoms with Crippen LogP contribution in [0.3, 0.4) is 0 Å². The topological polar surface area (TPSA) is 187 Å². The summed E-state index contributed by atoms with van der Waals surface area (Å²) in [6.07, 6.45) is -8.04. The van der Waals surface area contributed by atoms with Gasteiger partial charge >= 0.3 is 18.4 Å². The summed E-state index contributed by atoms with van der Waals surface area (Å²) >= 11 is 0. The van der Waals surface area contributed by atoms with Crippen LogP contribution in [0.5, 0.6) is 11.6 Å². The van der Waals surface area contributed by atoms with Gasteiger partial charge in [-0.25, -0.2) is 23.2 Å². The molecule has 4 heterocycles. The lowest BCUT2D eigenvalue weighted by molar-refractivity contribution is -0.244. The minimum absolute atomic E-state index is 0.00192. The Labute approximate surface area is 347 Å². The first kappa shape index (κ1) is 44.2. The number of aromatic nitrogens is 2. The van der Waals surface area contributed by atoms with Gasteiger partial charge in [-0.1, -0.05) is 19.1 Å². The fourth-order valence-electron chi connectivity index (χ4n) is 7.77. The second-order valence-electron chi connectivity index (χ2n) is 16.8. The molecule has 1 aromatic heterocycles. The Morgan fingerprint density at radius 2 is 1.82 bits per heavy atom. The second kappa shape index (κ2) is 15.5. The number of alkyl halides is 6. The summed E-state index contributed by atoms with van der Waals surface area (Å²) in [4.78, 5) is 51.2. The number of sulfonamides is 1. The van der Waals surface area contributed by atoms with Crippen LogP contribution in [-0.2, 0) is 35.3 Å². The number of alkyl carbamates (subject to hydrolysis) is 1. The van der Waals surface area contributed by atoms with E-state index in [0.29, 0.717) is 39.5 Å². The molecule has 7 atom stereocenters. The predicted molar refractivity (Wildman–Crippen MR) is 203 cm³/mol. The molecule has 22 heteroatoms. The van der Waals surface area contributed by atoms with Crippen LogP contribution < -0.4 is 24.8 Å². The number of rotatable bonds is 9. The number of carbonyl (C=O) groups is 3. The quantitative estimate of drug-likeness (QED) is 0.221. The number of carbonyl (C=O) groups excluding carboxylic acids is 3. The molecular weight excluding hydrogens is 843 g/mol. The standard InChI is InChI=1S/C39H46F6N6O9S/c1-6-28-29(48-34(54)60-35(2,3)39(43,44)45)26-16-22(58-28)10-8-7-9-20-18-37(20,33(53)50-61(55,56)36(4)13-14-36)49-31(52)27-17-23(19-51(26)27)59-32-30(38(40,41)42)46-24-12-11-21(57-5)15-25(24)47-32/h7,9,11-12,15-16,20,22-23,27-29H,6,8,10,13-14,17-19H2,1-5H3,(H,48,54)(H,49,52)(H,50,53)/b9-7-/t20-,22+,23-,27+,28+,29-,37-/m1/s1. The van der Waals surface area contributed by atoms with Gasteiger partial charge in [0.05, 0.1) is 47.7 Å². The maximum absolute atomic E-state index is 14.6. The number of hydrogen-bond donors (Lipinski definition) is 3. The van der Waals surface area contributed by atoms with E-state index < -0.39 is 104 Å². The number of amides is 3. The zero-order valence-electron chi connectivity index (χ0n) is 33.8. The number of nitrogens with zero attached hydrogens (tertiary/aromatic N) is 3. The molecule has 3 fully saturated rings. The van der Waals surface area contributed by atoms with Crippen LogP contribution in [0.2, 0.25) is 0 Å². The van der Waals surface area contributed by atoms with Crippen molar-refractivity contribution in [2.24, 2.45) is 5.92 Å². The van der Waals surface area contributed by atoms with Gasteiger partial charge in [0.2, 0.25) is 33.1 Å². The van der Waals surface area contributed by atoms with E-state index in [0.717, 1.165) is 0 Å². The van der Waals surface area contributed by atoms with Crippen molar-refractivity contribution in [1.29, 1.82) is 0 Å². The highest BCUT2D eigenvalue weighted by molar-refractivity contribution is 7.91. The number of hydrogen-bond acceptors (Lipinski definition) is 12. The van der Waals surface area contributed by atoms with E-state index in [1.54, 1.807) is 25.2 Å². The van der Waals surface area contributed by atoms with Crippen molar-refractivity contribution in [3.63, 3.8) is 0 Å². The molecule has 2 aliphatic carbocycles. The van der Waals surface area contributed by atoms with Crippen molar-refractivity contribution in [1.82, 2.24) is 30.2 Å². The second-order valence-corrected chi connectivity index (χ2v) is 19.0. The summed E-state index contributed by atoms with van der Waals surface area (Å²) in [6.45, 7) is 4.19. The van der Waals surface area contributed by atoms with Crippen molar-refractivity contribution in [2.75, 3.05) is 13.7 Å². The zero-order valence-corrected chi connectivity index (χ0v) is 34.6. The van der Waals surface area contributed by atoms with Crippen molar-refractivity contribution in [3.05, 3.63) is 47.8 Å². The molecule has 334 valence electrons. The van der Waals surface area contributed by atoms with Gasteiger partial charge in [-0.3, -0.25) is 14.3 Å².